The average Bonchev–Trinajstić information content (AvgIpc) is 2.92. The summed E-state index contributed by atoms with van der Waals surface area (Å²) in [7, 11) is 0. The molecule has 3 rings (SSSR count). The van der Waals surface area contributed by atoms with Crippen molar-refractivity contribution < 1.29 is 9.53 Å². The lowest BCUT2D eigenvalue weighted by Crippen LogP contribution is -2.23. The number of ether oxygens (including phenoxy) is 1. The molecule has 0 aromatic heterocycles. The van der Waals surface area contributed by atoms with Crippen LogP contribution >= 0.6 is 0 Å². The molecule has 2 bridgehead atoms. The van der Waals surface area contributed by atoms with Gasteiger partial charge in [-0.25, -0.2) is 0 Å². The van der Waals surface area contributed by atoms with Crippen LogP contribution in [0, 0.1) is 17.8 Å². The lowest BCUT2D eigenvalue weighted by molar-refractivity contribution is -0.151. The van der Waals surface area contributed by atoms with Gasteiger partial charge in [-0.05, 0) is 56.3 Å². The Kier molecular flexibility index (Phi) is 3.21. The molecule has 0 aliphatic heterocycles. The Hall–Kier alpha value is -0.790. The van der Waals surface area contributed by atoms with Crippen molar-refractivity contribution in [2.75, 3.05) is 0 Å². The molecule has 3 unspecified atom stereocenters. The zero-order valence-corrected chi connectivity index (χ0v) is 10.4. The molecule has 2 fully saturated rings. The van der Waals surface area contributed by atoms with Gasteiger partial charge in [0.25, 0.3) is 0 Å². The number of esters is 1. The zero-order chi connectivity index (χ0) is 11.7. The molecule has 2 saturated carbocycles. The molecule has 0 spiro atoms. The number of hydrogen-bond acceptors (Lipinski definition) is 2. The van der Waals surface area contributed by atoms with E-state index in [4.69, 9.17) is 4.74 Å². The minimum Gasteiger partial charge on any atom is -0.462 e. The average molecular weight is 234 g/mol. The number of rotatable bonds is 3. The molecule has 3 aliphatic carbocycles. The lowest BCUT2D eigenvalue weighted by Gasteiger charge is -2.23. The van der Waals surface area contributed by atoms with E-state index >= 15 is 0 Å². The second-order valence-corrected chi connectivity index (χ2v) is 5.99. The van der Waals surface area contributed by atoms with Gasteiger partial charge in [0, 0.05) is 6.42 Å². The van der Waals surface area contributed by atoms with Crippen molar-refractivity contribution in [3.05, 3.63) is 12.2 Å². The number of carbonyl (C=O) groups excluding carboxylic acids is 1. The largest absolute Gasteiger partial charge is 0.462 e. The van der Waals surface area contributed by atoms with Crippen molar-refractivity contribution in [2.24, 2.45) is 17.8 Å². The predicted molar refractivity (Wildman–Crippen MR) is 66.4 cm³/mol. The van der Waals surface area contributed by atoms with Crippen LogP contribution in [-0.4, -0.2) is 12.1 Å². The predicted octanol–water partition coefficient (Wildman–Crippen LogP) is 3.46. The summed E-state index contributed by atoms with van der Waals surface area (Å²) in [6.07, 6.45) is 14.0. The number of fused-ring (bicyclic) bond motifs is 2. The molecule has 0 amide bonds. The molecule has 2 nitrogen and oxygen atoms in total. The van der Waals surface area contributed by atoms with Crippen LogP contribution in [0.4, 0.5) is 0 Å². The summed E-state index contributed by atoms with van der Waals surface area (Å²) >= 11 is 0. The van der Waals surface area contributed by atoms with Gasteiger partial charge in [0.1, 0.15) is 6.10 Å². The molecule has 94 valence electrons. The van der Waals surface area contributed by atoms with Crippen LogP contribution in [-0.2, 0) is 9.53 Å². The van der Waals surface area contributed by atoms with Gasteiger partial charge in [-0.2, -0.15) is 0 Å². The highest BCUT2D eigenvalue weighted by Crippen LogP contribution is 2.45. The van der Waals surface area contributed by atoms with Gasteiger partial charge in [0.05, 0.1) is 0 Å². The smallest absolute Gasteiger partial charge is 0.306 e. The minimum atomic E-state index is 0.0582. The Balaban J connectivity index is 1.45. The second-order valence-electron chi connectivity index (χ2n) is 5.99. The summed E-state index contributed by atoms with van der Waals surface area (Å²) < 4.78 is 5.60. The van der Waals surface area contributed by atoms with Crippen LogP contribution in [0.1, 0.15) is 51.4 Å². The first-order valence-electron chi connectivity index (χ1n) is 7.19. The van der Waals surface area contributed by atoms with Crippen molar-refractivity contribution in [3.8, 4) is 0 Å². The molecule has 17 heavy (non-hydrogen) atoms. The minimum absolute atomic E-state index is 0.0582. The lowest BCUT2D eigenvalue weighted by atomic mass is 9.90. The first-order valence-corrected chi connectivity index (χ1v) is 7.19. The van der Waals surface area contributed by atoms with Crippen LogP contribution in [0.2, 0.25) is 0 Å². The van der Waals surface area contributed by atoms with E-state index in [1.165, 1.54) is 32.1 Å². The van der Waals surface area contributed by atoms with E-state index in [1.807, 2.05) is 0 Å². The number of allylic oxidation sites excluding steroid dienone is 2. The van der Waals surface area contributed by atoms with E-state index in [0.29, 0.717) is 18.3 Å². The monoisotopic (exact) mass is 234 g/mol. The quantitative estimate of drug-likeness (QED) is 0.552. The van der Waals surface area contributed by atoms with Gasteiger partial charge >= 0.3 is 5.97 Å². The molecule has 0 N–H and O–H groups in total. The van der Waals surface area contributed by atoms with E-state index < -0.39 is 0 Å². The van der Waals surface area contributed by atoms with E-state index in [0.717, 1.165) is 18.8 Å². The Morgan fingerprint density at radius 1 is 1.12 bits per heavy atom. The van der Waals surface area contributed by atoms with E-state index in [2.05, 4.69) is 12.2 Å². The topological polar surface area (TPSA) is 26.3 Å². The Morgan fingerprint density at radius 2 is 1.94 bits per heavy atom. The van der Waals surface area contributed by atoms with Crippen molar-refractivity contribution >= 4 is 5.97 Å². The van der Waals surface area contributed by atoms with Gasteiger partial charge in [0.15, 0.2) is 0 Å². The second kappa shape index (κ2) is 4.83. The molecular formula is C15H22O2. The molecule has 3 atom stereocenters. The number of carbonyl (C=O) groups is 1. The third-order valence-corrected chi connectivity index (χ3v) is 4.70. The summed E-state index contributed by atoms with van der Waals surface area (Å²) in [5.74, 6) is 2.05. The van der Waals surface area contributed by atoms with Gasteiger partial charge in [-0.1, -0.05) is 18.6 Å². The molecule has 3 aliphatic rings. The van der Waals surface area contributed by atoms with Crippen LogP contribution in [0.15, 0.2) is 12.2 Å². The SMILES string of the molecule is O=C(CC1CC2C=CC1C2)OC1CCCCC1. The maximum absolute atomic E-state index is 11.9. The first kappa shape index (κ1) is 11.3. The molecule has 2 heteroatoms. The molecule has 0 aromatic carbocycles. The van der Waals surface area contributed by atoms with Crippen LogP contribution < -0.4 is 0 Å². The third kappa shape index (κ3) is 2.56. The molecule has 0 heterocycles. The summed E-state index contributed by atoms with van der Waals surface area (Å²) in [6, 6.07) is 0. The number of hydrogen-bond donors (Lipinski definition) is 0. The van der Waals surface area contributed by atoms with Crippen molar-refractivity contribution in [3.63, 3.8) is 0 Å². The highest BCUT2D eigenvalue weighted by Gasteiger charge is 2.37. The maximum Gasteiger partial charge on any atom is 0.306 e. The van der Waals surface area contributed by atoms with E-state index in [1.54, 1.807) is 0 Å². The zero-order valence-electron chi connectivity index (χ0n) is 10.4. The molecule has 0 radical (unpaired) electrons. The Labute approximate surface area is 103 Å². The molecule has 0 saturated heterocycles. The third-order valence-electron chi connectivity index (χ3n) is 4.70. The van der Waals surface area contributed by atoms with Gasteiger partial charge in [0.2, 0.25) is 0 Å². The van der Waals surface area contributed by atoms with Gasteiger partial charge in [-0.15, -0.1) is 0 Å². The van der Waals surface area contributed by atoms with Crippen molar-refractivity contribution in [1.29, 1.82) is 0 Å². The standard InChI is InChI=1S/C15H22O2/c16-15(17-14-4-2-1-3-5-14)10-13-9-11-6-7-12(13)8-11/h6-7,11-14H,1-5,8-10H2. The Morgan fingerprint density at radius 3 is 2.59 bits per heavy atom. The maximum atomic E-state index is 11.9. The van der Waals surface area contributed by atoms with Crippen molar-refractivity contribution in [2.45, 2.75) is 57.5 Å². The summed E-state index contributed by atoms with van der Waals surface area (Å²) in [5, 5.41) is 0. The van der Waals surface area contributed by atoms with Crippen molar-refractivity contribution in [1.82, 2.24) is 0 Å². The van der Waals surface area contributed by atoms with E-state index in [9.17, 15) is 4.79 Å². The molecular weight excluding hydrogens is 212 g/mol. The fraction of sp³-hybridized carbons (Fsp3) is 0.800. The van der Waals surface area contributed by atoms with Crippen LogP contribution in [0.3, 0.4) is 0 Å². The fourth-order valence-corrected chi connectivity index (χ4v) is 3.76. The Bertz CT molecular complexity index is 315. The van der Waals surface area contributed by atoms with Crippen LogP contribution in [0.5, 0.6) is 0 Å². The van der Waals surface area contributed by atoms with E-state index in [-0.39, 0.29) is 12.1 Å². The summed E-state index contributed by atoms with van der Waals surface area (Å²) in [5.41, 5.74) is 0. The normalized spacial score (nSPS) is 36.4. The summed E-state index contributed by atoms with van der Waals surface area (Å²) in [6.45, 7) is 0. The summed E-state index contributed by atoms with van der Waals surface area (Å²) in [4.78, 5) is 11.9. The fourth-order valence-electron chi connectivity index (χ4n) is 3.76. The van der Waals surface area contributed by atoms with Crippen LogP contribution in [0.25, 0.3) is 0 Å². The molecule has 0 aromatic rings. The van der Waals surface area contributed by atoms with Gasteiger partial charge in [-0.3, -0.25) is 4.79 Å². The highest BCUT2D eigenvalue weighted by atomic mass is 16.5. The first-order chi connectivity index (χ1) is 8.31. The highest BCUT2D eigenvalue weighted by molar-refractivity contribution is 5.70. The van der Waals surface area contributed by atoms with Gasteiger partial charge < -0.3 is 4.74 Å².